The fraction of sp³-hybridized carbons (Fsp3) is 0.525. The first-order chi connectivity index (χ1) is 43.6. The summed E-state index contributed by atoms with van der Waals surface area (Å²) in [4.78, 5) is 174. The standard InChI is InChI=1S/C59H74FN13O19/c1-5-59(89)31-17-37-50-29(21-72(37)56(86)30(31)23-91-57(59)87)48-33(9-8-28-27(4)32(60)18-36(69-50)47(28)48)67-44(78)24-90-25-66-53(83)34(7-6-15-64-58(62)88)70-55(85)49(26(2)3)71-54(84)35(68-42(76)14-16-63-43(77)22-73-45(79)12-13-46(73)80)10-11-41(75)65-20-39-52(82)51(81)38(92-39)19-40(61)74/h12-13,17-18,26,33-35,38-39,49,51-52,81-82,89H,5-11,14-16,19-25H2,1-4H3,(H2,61,74)(H,63,77)(H,65,75)(H,66,83)(H,67,78)(H,68,76)(H,70,85)(H,71,84)(H3,62,64,88)/t33-,34-,35?,38-,39+,49-,51-,52+,59-/m0/s1. The summed E-state index contributed by atoms with van der Waals surface area (Å²) in [6.45, 7) is 3.38. The number of urea groups is 1. The zero-order chi connectivity index (χ0) is 67.0. The minimum Gasteiger partial charge on any atom is -0.458 e. The van der Waals surface area contributed by atoms with Crippen molar-refractivity contribution in [3.8, 4) is 11.4 Å². The van der Waals surface area contributed by atoms with E-state index in [1.165, 1.54) is 16.7 Å². The molecule has 32 nitrogen and oxygen atoms in total. The Morgan fingerprint density at radius 1 is 0.815 bits per heavy atom. The third kappa shape index (κ3) is 15.4. The van der Waals surface area contributed by atoms with Crippen LogP contribution >= 0.6 is 0 Å². The molecule has 1 saturated heterocycles. The molecule has 0 bridgehead atoms. The van der Waals surface area contributed by atoms with Gasteiger partial charge in [-0.2, -0.15) is 0 Å². The molecule has 496 valence electrons. The number of imide groups is 1. The van der Waals surface area contributed by atoms with Gasteiger partial charge in [0.25, 0.3) is 17.4 Å². The van der Waals surface area contributed by atoms with Gasteiger partial charge >= 0.3 is 12.0 Å². The molecule has 0 radical (unpaired) electrons. The summed E-state index contributed by atoms with van der Waals surface area (Å²) in [6.07, 6.45) is -4.62. The minimum absolute atomic E-state index is 0.0128. The smallest absolute Gasteiger partial charge is 0.343 e. The van der Waals surface area contributed by atoms with Crippen LogP contribution in [-0.4, -0.2) is 183 Å². The lowest BCUT2D eigenvalue weighted by atomic mass is 9.81. The summed E-state index contributed by atoms with van der Waals surface area (Å²) in [5.74, 6) is -10.1. The molecule has 15 N–H and O–H groups in total. The molecule has 1 aliphatic carbocycles. The van der Waals surface area contributed by atoms with E-state index in [9.17, 15) is 77.6 Å². The van der Waals surface area contributed by atoms with Crippen LogP contribution in [0, 0.1) is 18.7 Å². The number of nitrogens with zero attached hydrogens (tertiary/aromatic N) is 3. The quantitative estimate of drug-likeness (QED) is 0.0107. The minimum atomic E-state index is -2.11. The van der Waals surface area contributed by atoms with E-state index in [-0.39, 0.29) is 80.8 Å². The van der Waals surface area contributed by atoms with Gasteiger partial charge in [-0.1, -0.05) is 20.8 Å². The number of esters is 1. The van der Waals surface area contributed by atoms with E-state index in [0.717, 1.165) is 12.2 Å². The zero-order valence-electron chi connectivity index (χ0n) is 50.8. The molecule has 0 spiro atoms. The van der Waals surface area contributed by atoms with E-state index in [4.69, 9.17) is 30.7 Å². The number of hydrogen-bond acceptors (Lipinski definition) is 20. The van der Waals surface area contributed by atoms with Crippen LogP contribution in [0.25, 0.3) is 22.3 Å². The number of nitrogens with two attached hydrogens (primary N) is 2. The molecule has 3 aromatic rings. The van der Waals surface area contributed by atoms with E-state index in [1.54, 1.807) is 27.7 Å². The number of cyclic esters (lactones) is 1. The van der Waals surface area contributed by atoms with Crippen LogP contribution in [0.2, 0.25) is 0 Å². The second-order valence-corrected chi connectivity index (χ2v) is 23.3. The van der Waals surface area contributed by atoms with E-state index >= 15 is 4.39 Å². The normalized spacial score (nSPS) is 21.1. The van der Waals surface area contributed by atoms with Crippen molar-refractivity contribution < 1.29 is 91.5 Å². The number of aryl methyl sites for hydroxylation is 1. The number of nitrogens with one attached hydrogen (secondary N) is 8. The molecular weight excluding hydrogens is 1210 g/mol. The molecule has 1 aromatic carbocycles. The summed E-state index contributed by atoms with van der Waals surface area (Å²) in [5.41, 5.74) is 11.0. The number of carbonyl (C=O) groups excluding carboxylic acids is 12. The summed E-state index contributed by atoms with van der Waals surface area (Å²) >= 11 is 0. The number of aliphatic hydroxyl groups excluding tert-OH is 2. The Balaban J connectivity index is 0.909. The van der Waals surface area contributed by atoms with Gasteiger partial charge in [0.05, 0.1) is 47.6 Å². The molecule has 6 heterocycles. The van der Waals surface area contributed by atoms with Crippen LogP contribution in [-0.2, 0) is 92.1 Å². The Morgan fingerprint density at radius 3 is 2.21 bits per heavy atom. The van der Waals surface area contributed by atoms with Gasteiger partial charge in [0.2, 0.25) is 47.3 Å². The average Bonchev–Trinajstić information content (AvgIpc) is 1.47. The van der Waals surface area contributed by atoms with Crippen molar-refractivity contribution in [1.29, 1.82) is 0 Å². The number of benzene rings is 1. The highest BCUT2D eigenvalue weighted by Gasteiger charge is 2.47. The lowest BCUT2D eigenvalue weighted by Crippen LogP contribution is -2.58. The second-order valence-electron chi connectivity index (χ2n) is 23.3. The van der Waals surface area contributed by atoms with E-state index in [2.05, 4.69) is 42.5 Å². The first-order valence-corrected chi connectivity index (χ1v) is 29.9. The SMILES string of the molecule is CC[C@@]1(O)C(=O)OCc2c1cc1n(c2=O)Cc2c-1nc1cc(F)c(C)c3c1c2[C@@H](NC(=O)COCNC(=O)[C@H](CCCNC(N)=O)NC(=O)[C@@H](NC(=O)C(CCC(=O)NC[C@H]1O[C@@H](CC(N)=O)[C@H](O)[C@@H]1O)NC(=O)CCNC(=O)CN1C(=O)C=CC1=O)C(C)C)CC3. The van der Waals surface area contributed by atoms with Gasteiger partial charge in [-0.3, -0.25) is 57.6 Å². The average molecular weight is 1290 g/mol. The third-order valence-electron chi connectivity index (χ3n) is 16.7. The Morgan fingerprint density at radius 2 is 1.52 bits per heavy atom. The highest BCUT2D eigenvalue weighted by atomic mass is 19.1. The lowest BCUT2D eigenvalue weighted by Gasteiger charge is -2.31. The van der Waals surface area contributed by atoms with Crippen LogP contribution in [0.15, 0.2) is 29.1 Å². The first-order valence-electron chi connectivity index (χ1n) is 29.9. The van der Waals surface area contributed by atoms with Gasteiger partial charge < -0.3 is 88.1 Å². The molecule has 1 fully saturated rings. The van der Waals surface area contributed by atoms with E-state index < -0.39 is 188 Å². The largest absolute Gasteiger partial charge is 0.458 e. The maximum Gasteiger partial charge on any atom is 0.343 e. The summed E-state index contributed by atoms with van der Waals surface area (Å²) in [7, 11) is 0. The molecule has 33 heteroatoms. The van der Waals surface area contributed by atoms with E-state index in [0.29, 0.717) is 44.7 Å². The molecule has 9 atom stereocenters. The Hall–Kier alpha value is -9.31. The summed E-state index contributed by atoms with van der Waals surface area (Å²) in [6, 6.07) is -3.16. The van der Waals surface area contributed by atoms with Gasteiger partial charge in [-0.25, -0.2) is 19.0 Å². The first kappa shape index (κ1) is 68.6. The van der Waals surface area contributed by atoms with Gasteiger partial charge in [-0.05, 0) is 74.1 Å². The number of ether oxygens (including phenoxy) is 3. The lowest BCUT2D eigenvalue weighted by molar-refractivity contribution is -0.172. The summed E-state index contributed by atoms with van der Waals surface area (Å²) < 4.78 is 33.3. The van der Waals surface area contributed by atoms with Crippen molar-refractivity contribution in [3.05, 3.63) is 73.8 Å². The number of aliphatic hydroxyl groups is 3. The van der Waals surface area contributed by atoms with Crippen LogP contribution in [0.1, 0.15) is 112 Å². The van der Waals surface area contributed by atoms with Crippen LogP contribution in [0.4, 0.5) is 9.18 Å². The number of carbonyl (C=O) groups is 12. The van der Waals surface area contributed by atoms with Gasteiger partial charge in [0.1, 0.15) is 68.7 Å². The van der Waals surface area contributed by atoms with Crippen LogP contribution in [0.3, 0.4) is 0 Å². The van der Waals surface area contributed by atoms with Gasteiger partial charge in [0.15, 0.2) is 5.60 Å². The Labute approximate surface area is 523 Å². The second kappa shape index (κ2) is 29.3. The third-order valence-corrected chi connectivity index (χ3v) is 16.7. The molecule has 0 saturated carbocycles. The number of hydrogen-bond donors (Lipinski definition) is 13. The maximum absolute atomic E-state index is 15.5. The number of fused-ring (bicyclic) bond motifs is 5. The maximum atomic E-state index is 15.5. The molecular formula is C59H74FN13O19. The van der Waals surface area contributed by atoms with Gasteiger partial charge in [0, 0.05) is 67.2 Å². The van der Waals surface area contributed by atoms with Crippen molar-refractivity contribution in [2.24, 2.45) is 17.4 Å². The Bertz CT molecular complexity index is 3580. The van der Waals surface area contributed by atoms with Crippen molar-refractivity contribution in [1.82, 2.24) is 57.0 Å². The monoisotopic (exact) mass is 1290 g/mol. The molecule has 1 unspecified atom stereocenters. The van der Waals surface area contributed by atoms with E-state index in [1.807, 2.05) is 0 Å². The van der Waals surface area contributed by atoms with Crippen molar-refractivity contribution >= 4 is 82.0 Å². The number of primary amides is 2. The molecule has 12 amide bonds. The zero-order valence-corrected chi connectivity index (χ0v) is 50.8. The highest BCUT2D eigenvalue weighted by Crippen LogP contribution is 2.46. The van der Waals surface area contributed by atoms with Crippen LogP contribution in [0.5, 0.6) is 0 Å². The Kier molecular flexibility index (Phi) is 21.9. The fourth-order valence-corrected chi connectivity index (χ4v) is 11.7. The number of halogens is 1. The van der Waals surface area contributed by atoms with Crippen molar-refractivity contribution in [2.45, 2.75) is 153 Å². The number of aromatic nitrogens is 2. The van der Waals surface area contributed by atoms with Crippen molar-refractivity contribution in [3.63, 3.8) is 0 Å². The fourth-order valence-electron chi connectivity index (χ4n) is 11.7. The molecule has 2 aromatic heterocycles. The summed E-state index contributed by atoms with van der Waals surface area (Å²) in [5, 5.41) is 53.2. The molecule has 92 heavy (non-hydrogen) atoms. The van der Waals surface area contributed by atoms with Gasteiger partial charge in [-0.15, -0.1) is 0 Å². The topological polar surface area (TPSA) is 480 Å². The predicted octanol–water partition coefficient (Wildman–Crippen LogP) is -4.03. The number of amides is 12. The highest BCUT2D eigenvalue weighted by molar-refractivity contribution is 6.14. The molecule has 5 aliphatic rings. The van der Waals surface area contributed by atoms with Crippen LogP contribution < -0.4 is 59.6 Å². The predicted molar refractivity (Wildman–Crippen MR) is 315 cm³/mol. The molecule has 4 aliphatic heterocycles. The molecule has 8 rings (SSSR count). The number of rotatable bonds is 29. The number of pyridine rings is 2. The van der Waals surface area contributed by atoms with Crippen molar-refractivity contribution in [2.75, 3.05) is 39.5 Å².